The predicted octanol–water partition coefficient (Wildman–Crippen LogP) is 1.30. The van der Waals surface area contributed by atoms with Gasteiger partial charge in [-0.2, -0.15) is 0 Å². The maximum Gasteiger partial charge on any atom is 0.0423 e. The molecule has 0 aromatic carbocycles. The summed E-state index contributed by atoms with van der Waals surface area (Å²) in [6.45, 7) is 2.17. The molecule has 2 aliphatic rings. The second-order valence-corrected chi connectivity index (χ2v) is 4.12. The van der Waals surface area contributed by atoms with Gasteiger partial charge in [-0.25, -0.2) is 0 Å². The number of nitrogens with zero attached hydrogens (tertiary/aromatic N) is 1. The van der Waals surface area contributed by atoms with Gasteiger partial charge in [0.25, 0.3) is 0 Å². The minimum absolute atomic E-state index is 0.235. The van der Waals surface area contributed by atoms with Crippen LogP contribution in [0.25, 0.3) is 0 Å². The summed E-state index contributed by atoms with van der Waals surface area (Å²) in [7, 11) is 2.15. The van der Waals surface area contributed by atoms with Gasteiger partial charge in [-0.1, -0.05) is 17.7 Å². The Balaban J connectivity index is 2.22. The lowest BCUT2D eigenvalue weighted by atomic mass is 9.92. The summed E-state index contributed by atoms with van der Waals surface area (Å²) < 4.78 is 0. The van der Waals surface area contributed by atoms with Gasteiger partial charge in [-0.3, -0.25) is 0 Å². The van der Waals surface area contributed by atoms with Gasteiger partial charge < -0.3 is 10.6 Å². The molecule has 0 aromatic heterocycles. The maximum atomic E-state index is 6.13. The van der Waals surface area contributed by atoms with Gasteiger partial charge in [0.05, 0.1) is 0 Å². The molecule has 2 rings (SSSR count). The number of nitrogens with two attached hydrogens (primary N) is 1. The third-order valence-electron chi connectivity index (χ3n) is 3.02. The van der Waals surface area contributed by atoms with E-state index in [1.54, 1.807) is 5.57 Å². The second kappa shape index (κ2) is 3.64. The van der Waals surface area contributed by atoms with Crippen molar-refractivity contribution in [3.63, 3.8) is 0 Å². The molecule has 0 bridgehead atoms. The third-order valence-corrected chi connectivity index (χ3v) is 3.02. The standard InChI is InChI=1S/C11H18N2/c1-13-7-6-9-4-2-3-5-10(9)11(12)8-13/h3,5,11H,2,4,6-8,12H2,1H3/t11-/m1/s1. The van der Waals surface area contributed by atoms with E-state index in [1.165, 1.54) is 31.4 Å². The predicted molar refractivity (Wildman–Crippen MR) is 55.5 cm³/mol. The van der Waals surface area contributed by atoms with Gasteiger partial charge in [0, 0.05) is 19.1 Å². The van der Waals surface area contributed by atoms with Gasteiger partial charge in [0.1, 0.15) is 0 Å². The molecule has 2 N–H and O–H groups in total. The fourth-order valence-electron chi connectivity index (χ4n) is 2.24. The zero-order valence-electron chi connectivity index (χ0n) is 8.29. The van der Waals surface area contributed by atoms with Gasteiger partial charge in [-0.05, 0) is 31.9 Å². The van der Waals surface area contributed by atoms with Gasteiger partial charge in [0.2, 0.25) is 0 Å². The summed E-state index contributed by atoms with van der Waals surface area (Å²) in [5.41, 5.74) is 9.14. The van der Waals surface area contributed by atoms with Crippen LogP contribution in [0.1, 0.15) is 19.3 Å². The van der Waals surface area contributed by atoms with E-state index in [9.17, 15) is 0 Å². The summed E-state index contributed by atoms with van der Waals surface area (Å²) in [6, 6.07) is 0.235. The van der Waals surface area contributed by atoms with Crippen molar-refractivity contribution < 1.29 is 0 Å². The van der Waals surface area contributed by atoms with Crippen molar-refractivity contribution in [2.45, 2.75) is 25.3 Å². The lowest BCUT2D eigenvalue weighted by Crippen LogP contribution is -2.35. The Morgan fingerprint density at radius 2 is 2.31 bits per heavy atom. The zero-order valence-corrected chi connectivity index (χ0v) is 8.29. The van der Waals surface area contributed by atoms with Crippen molar-refractivity contribution in [2.24, 2.45) is 5.73 Å². The van der Waals surface area contributed by atoms with Gasteiger partial charge >= 0.3 is 0 Å². The lowest BCUT2D eigenvalue weighted by molar-refractivity contribution is 0.336. The molecular weight excluding hydrogens is 160 g/mol. The van der Waals surface area contributed by atoms with Crippen LogP contribution in [0, 0.1) is 0 Å². The highest BCUT2D eigenvalue weighted by Crippen LogP contribution is 2.26. The van der Waals surface area contributed by atoms with E-state index < -0.39 is 0 Å². The van der Waals surface area contributed by atoms with Crippen molar-refractivity contribution in [1.82, 2.24) is 4.90 Å². The summed E-state index contributed by atoms with van der Waals surface area (Å²) in [5, 5.41) is 0. The molecule has 13 heavy (non-hydrogen) atoms. The summed E-state index contributed by atoms with van der Waals surface area (Å²) >= 11 is 0. The fraction of sp³-hybridized carbons (Fsp3) is 0.636. The van der Waals surface area contributed by atoms with Crippen LogP contribution in [-0.2, 0) is 0 Å². The van der Waals surface area contributed by atoms with E-state index in [2.05, 4.69) is 24.1 Å². The molecule has 0 amide bonds. The number of likely N-dealkylation sites (N-methyl/N-ethyl adjacent to an activating group) is 1. The highest BCUT2D eigenvalue weighted by Gasteiger charge is 2.20. The number of rotatable bonds is 0. The van der Waals surface area contributed by atoms with Crippen molar-refractivity contribution in [2.75, 3.05) is 20.1 Å². The quantitative estimate of drug-likeness (QED) is 0.605. The Kier molecular flexibility index (Phi) is 2.51. The van der Waals surface area contributed by atoms with E-state index in [1.807, 2.05) is 0 Å². The maximum absolute atomic E-state index is 6.13. The van der Waals surface area contributed by atoms with E-state index >= 15 is 0 Å². The van der Waals surface area contributed by atoms with Crippen molar-refractivity contribution in [3.05, 3.63) is 23.3 Å². The van der Waals surface area contributed by atoms with Crippen LogP contribution in [0.4, 0.5) is 0 Å². The molecule has 0 fully saturated rings. The van der Waals surface area contributed by atoms with Crippen LogP contribution < -0.4 is 5.73 Å². The minimum atomic E-state index is 0.235. The Morgan fingerprint density at radius 3 is 3.15 bits per heavy atom. The number of allylic oxidation sites excluding steroid dienone is 1. The first-order chi connectivity index (χ1) is 6.27. The summed E-state index contributed by atoms with van der Waals surface area (Å²) in [5.74, 6) is 0. The summed E-state index contributed by atoms with van der Waals surface area (Å²) in [6.07, 6.45) is 8.14. The molecule has 0 saturated carbocycles. The Bertz CT molecular complexity index is 253. The largest absolute Gasteiger partial charge is 0.323 e. The highest BCUT2D eigenvalue weighted by atomic mass is 15.1. The third kappa shape index (κ3) is 1.84. The fourth-order valence-corrected chi connectivity index (χ4v) is 2.24. The van der Waals surface area contributed by atoms with Crippen LogP contribution in [0.2, 0.25) is 0 Å². The minimum Gasteiger partial charge on any atom is -0.323 e. The molecule has 1 aliphatic carbocycles. The van der Waals surface area contributed by atoms with Crippen molar-refractivity contribution in [3.8, 4) is 0 Å². The molecule has 0 unspecified atom stereocenters. The molecule has 0 spiro atoms. The van der Waals surface area contributed by atoms with E-state index in [0.29, 0.717) is 0 Å². The molecule has 1 atom stereocenters. The van der Waals surface area contributed by atoms with Crippen LogP contribution in [0.5, 0.6) is 0 Å². The zero-order chi connectivity index (χ0) is 9.26. The normalized spacial score (nSPS) is 30.2. The monoisotopic (exact) mass is 178 g/mol. The van der Waals surface area contributed by atoms with E-state index in [-0.39, 0.29) is 6.04 Å². The number of hydrogen-bond donors (Lipinski definition) is 1. The molecule has 0 saturated heterocycles. The van der Waals surface area contributed by atoms with Crippen LogP contribution >= 0.6 is 0 Å². The van der Waals surface area contributed by atoms with Crippen molar-refractivity contribution in [1.29, 1.82) is 0 Å². The smallest absolute Gasteiger partial charge is 0.0423 e. The topological polar surface area (TPSA) is 29.3 Å². The van der Waals surface area contributed by atoms with Crippen LogP contribution in [0.15, 0.2) is 23.3 Å². The molecule has 1 heterocycles. The van der Waals surface area contributed by atoms with E-state index in [0.717, 1.165) is 6.54 Å². The average molecular weight is 178 g/mol. The Labute approximate surface area is 80.1 Å². The SMILES string of the molecule is CN1CCC2=C(C=CCC2)[C@H](N)C1. The molecule has 0 aromatic rings. The van der Waals surface area contributed by atoms with Crippen LogP contribution in [0.3, 0.4) is 0 Å². The van der Waals surface area contributed by atoms with E-state index in [4.69, 9.17) is 5.73 Å². The van der Waals surface area contributed by atoms with Crippen LogP contribution in [-0.4, -0.2) is 31.1 Å². The molecule has 72 valence electrons. The summed E-state index contributed by atoms with van der Waals surface area (Å²) in [4.78, 5) is 2.33. The first-order valence-corrected chi connectivity index (χ1v) is 5.10. The average Bonchev–Trinajstić information content (AvgIpc) is 2.27. The number of hydrogen-bond acceptors (Lipinski definition) is 2. The first kappa shape index (κ1) is 8.97. The van der Waals surface area contributed by atoms with Crippen molar-refractivity contribution >= 4 is 0 Å². The molecule has 2 nitrogen and oxygen atoms in total. The molecule has 0 radical (unpaired) electrons. The molecule has 2 heteroatoms. The Morgan fingerprint density at radius 1 is 1.46 bits per heavy atom. The highest BCUT2D eigenvalue weighted by molar-refractivity contribution is 5.34. The Hall–Kier alpha value is -0.600. The van der Waals surface area contributed by atoms with Gasteiger partial charge in [0.15, 0.2) is 0 Å². The molecular formula is C11H18N2. The lowest BCUT2D eigenvalue weighted by Gasteiger charge is -2.19. The second-order valence-electron chi connectivity index (χ2n) is 4.12. The first-order valence-electron chi connectivity index (χ1n) is 5.10. The molecule has 1 aliphatic heterocycles. The van der Waals surface area contributed by atoms with Gasteiger partial charge in [-0.15, -0.1) is 0 Å².